The number of amides is 2. The smallest absolute Gasteiger partial charge is 0.261 e. The third-order valence-electron chi connectivity index (χ3n) is 4.65. The summed E-state index contributed by atoms with van der Waals surface area (Å²) in [7, 11) is 0. The third-order valence-corrected chi connectivity index (χ3v) is 4.90. The van der Waals surface area contributed by atoms with Gasteiger partial charge in [-0.1, -0.05) is 55.8 Å². The highest BCUT2D eigenvalue weighted by Crippen LogP contribution is 2.18. The molecule has 1 atom stereocenters. The molecular formula is C23H29ClN2O3. The molecule has 0 unspecified atom stereocenters. The van der Waals surface area contributed by atoms with Crippen molar-refractivity contribution in [2.75, 3.05) is 13.2 Å². The first kappa shape index (κ1) is 22.8. The first-order valence-corrected chi connectivity index (χ1v) is 10.3. The van der Waals surface area contributed by atoms with Crippen molar-refractivity contribution in [1.82, 2.24) is 10.2 Å². The second-order valence-corrected chi connectivity index (χ2v) is 7.35. The Balaban J connectivity index is 2.19. The van der Waals surface area contributed by atoms with Crippen LogP contribution in [0.4, 0.5) is 0 Å². The lowest BCUT2D eigenvalue weighted by atomic mass is 10.1. The zero-order chi connectivity index (χ0) is 21.2. The van der Waals surface area contributed by atoms with Crippen molar-refractivity contribution >= 4 is 23.4 Å². The monoisotopic (exact) mass is 416 g/mol. The molecule has 2 aromatic carbocycles. The highest BCUT2D eigenvalue weighted by Gasteiger charge is 2.28. The maximum absolute atomic E-state index is 13.1. The molecule has 0 aliphatic carbocycles. The van der Waals surface area contributed by atoms with Gasteiger partial charge in [-0.05, 0) is 49.1 Å². The maximum atomic E-state index is 13.1. The minimum Gasteiger partial charge on any atom is -0.484 e. The second-order valence-electron chi connectivity index (χ2n) is 6.92. The summed E-state index contributed by atoms with van der Waals surface area (Å²) in [6.45, 7) is 6.59. The van der Waals surface area contributed by atoms with Crippen LogP contribution in [0.2, 0.25) is 5.02 Å². The Labute approximate surface area is 178 Å². The number of nitrogens with zero attached hydrogens (tertiary/aromatic N) is 1. The van der Waals surface area contributed by atoms with Gasteiger partial charge in [-0.3, -0.25) is 9.59 Å². The number of para-hydroxylation sites is 1. The summed E-state index contributed by atoms with van der Waals surface area (Å²) in [6.07, 6.45) is 1.35. The summed E-state index contributed by atoms with van der Waals surface area (Å²) in [5, 5.41) is 3.53. The van der Waals surface area contributed by atoms with Crippen LogP contribution >= 0.6 is 11.6 Å². The van der Waals surface area contributed by atoms with Gasteiger partial charge in [0.2, 0.25) is 5.91 Å². The molecule has 0 fully saturated rings. The van der Waals surface area contributed by atoms with Crippen LogP contribution in [0.1, 0.15) is 37.8 Å². The Hall–Kier alpha value is -2.53. The molecule has 0 spiro atoms. The SMILES string of the molecule is CCCNC(=O)[C@H](CC)N(Cc1ccc(Cl)cc1)C(=O)COc1ccccc1C. The van der Waals surface area contributed by atoms with Gasteiger partial charge in [-0.25, -0.2) is 0 Å². The van der Waals surface area contributed by atoms with E-state index in [0.717, 1.165) is 17.5 Å². The molecule has 2 aromatic rings. The molecule has 29 heavy (non-hydrogen) atoms. The zero-order valence-corrected chi connectivity index (χ0v) is 18.0. The molecule has 0 radical (unpaired) electrons. The van der Waals surface area contributed by atoms with Crippen molar-refractivity contribution in [3.63, 3.8) is 0 Å². The van der Waals surface area contributed by atoms with E-state index in [1.165, 1.54) is 0 Å². The molecule has 2 rings (SSSR count). The van der Waals surface area contributed by atoms with E-state index >= 15 is 0 Å². The van der Waals surface area contributed by atoms with Crippen LogP contribution in [-0.4, -0.2) is 35.9 Å². The number of carbonyl (C=O) groups excluding carboxylic acids is 2. The normalized spacial score (nSPS) is 11.6. The van der Waals surface area contributed by atoms with Crippen molar-refractivity contribution in [3.05, 3.63) is 64.7 Å². The van der Waals surface area contributed by atoms with E-state index in [0.29, 0.717) is 30.3 Å². The van der Waals surface area contributed by atoms with E-state index in [1.807, 2.05) is 57.2 Å². The summed E-state index contributed by atoms with van der Waals surface area (Å²) in [4.78, 5) is 27.3. The molecule has 0 heterocycles. The molecule has 0 aliphatic heterocycles. The van der Waals surface area contributed by atoms with Gasteiger partial charge in [0, 0.05) is 18.1 Å². The van der Waals surface area contributed by atoms with Crippen LogP contribution in [0.25, 0.3) is 0 Å². The van der Waals surface area contributed by atoms with Gasteiger partial charge in [-0.2, -0.15) is 0 Å². The Morgan fingerprint density at radius 3 is 2.41 bits per heavy atom. The number of hydrogen-bond donors (Lipinski definition) is 1. The van der Waals surface area contributed by atoms with Crippen molar-refractivity contribution < 1.29 is 14.3 Å². The number of nitrogens with one attached hydrogen (secondary N) is 1. The maximum Gasteiger partial charge on any atom is 0.261 e. The number of rotatable bonds is 10. The first-order valence-electron chi connectivity index (χ1n) is 9.96. The molecule has 5 nitrogen and oxygen atoms in total. The molecule has 6 heteroatoms. The molecule has 0 saturated heterocycles. The second kappa shape index (κ2) is 11.5. The number of aryl methyl sites for hydroxylation is 1. The third kappa shape index (κ3) is 6.79. The van der Waals surface area contributed by atoms with Gasteiger partial charge in [-0.15, -0.1) is 0 Å². The molecule has 0 aromatic heterocycles. The van der Waals surface area contributed by atoms with Crippen molar-refractivity contribution in [3.8, 4) is 5.75 Å². The van der Waals surface area contributed by atoms with Crippen LogP contribution in [-0.2, 0) is 16.1 Å². The molecule has 2 amide bonds. The number of carbonyl (C=O) groups is 2. The molecular weight excluding hydrogens is 388 g/mol. The zero-order valence-electron chi connectivity index (χ0n) is 17.3. The largest absolute Gasteiger partial charge is 0.484 e. The summed E-state index contributed by atoms with van der Waals surface area (Å²) >= 11 is 5.98. The molecule has 0 bridgehead atoms. The lowest BCUT2D eigenvalue weighted by Crippen LogP contribution is -2.50. The quantitative estimate of drug-likeness (QED) is 0.626. The van der Waals surface area contributed by atoms with E-state index < -0.39 is 6.04 Å². The minimum absolute atomic E-state index is 0.129. The Kier molecular flexibility index (Phi) is 9.00. The van der Waals surface area contributed by atoms with Crippen molar-refractivity contribution in [2.45, 2.75) is 46.2 Å². The van der Waals surface area contributed by atoms with Gasteiger partial charge in [0.1, 0.15) is 11.8 Å². The summed E-state index contributed by atoms with van der Waals surface area (Å²) < 4.78 is 5.75. The predicted octanol–water partition coefficient (Wildman–Crippen LogP) is 4.36. The standard InChI is InChI=1S/C23H29ClN2O3/c1-4-14-25-23(28)20(5-2)26(15-18-10-12-19(24)13-11-18)22(27)16-29-21-9-7-6-8-17(21)3/h6-13,20H,4-5,14-16H2,1-3H3,(H,25,28)/t20-/m0/s1. The van der Waals surface area contributed by atoms with E-state index in [-0.39, 0.29) is 18.4 Å². The van der Waals surface area contributed by atoms with Gasteiger partial charge in [0.25, 0.3) is 5.91 Å². The summed E-state index contributed by atoms with van der Waals surface area (Å²) in [5.41, 5.74) is 1.86. The van der Waals surface area contributed by atoms with Crippen LogP contribution in [0.5, 0.6) is 5.75 Å². The molecule has 0 aliphatic rings. The first-order chi connectivity index (χ1) is 14.0. The minimum atomic E-state index is -0.565. The lowest BCUT2D eigenvalue weighted by molar-refractivity contribution is -0.143. The number of hydrogen-bond acceptors (Lipinski definition) is 3. The van der Waals surface area contributed by atoms with E-state index in [1.54, 1.807) is 17.0 Å². The Bertz CT molecular complexity index is 808. The van der Waals surface area contributed by atoms with Crippen molar-refractivity contribution in [1.29, 1.82) is 0 Å². The van der Waals surface area contributed by atoms with Crippen LogP contribution in [0.15, 0.2) is 48.5 Å². The lowest BCUT2D eigenvalue weighted by Gasteiger charge is -2.30. The van der Waals surface area contributed by atoms with Crippen LogP contribution in [0.3, 0.4) is 0 Å². The van der Waals surface area contributed by atoms with E-state index in [4.69, 9.17) is 16.3 Å². The average molecular weight is 417 g/mol. The number of benzene rings is 2. The van der Waals surface area contributed by atoms with E-state index in [9.17, 15) is 9.59 Å². The Morgan fingerprint density at radius 1 is 1.10 bits per heavy atom. The predicted molar refractivity (Wildman–Crippen MR) is 116 cm³/mol. The van der Waals surface area contributed by atoms with Gasteiger partial charge in [0.15, 0.2) is 6.61 Å². The fourth-order valence-electron chi connectivity index (χ4n) is 3.01. The Morgan fingerprint density at radius 2 is 1.79 bits per heavy atom. The van der Waals surface area contributed by atoms with Gasteiger partial charge < -0.3 is 15.0 Å². The molecule has 1 N–H and O–H groups in total. The molecule has 156 valence electrons. The number of ether oxygens (including phenoxy) is 1. The van der Waals surface area contributed by atoms with Crippen LogP contribution in [0, 0.1) is 6.92 Å². The fraction of sp³-hybridized carbons (Fsp3) is 0.391. The summed E-state index contributed by atoms with van der Waals surface area (Å²) in [6, 6.07) is 14.3. The van der Waals surface area contributed by atoms with E-state index in [2.05, 4.69) is 5.32 Å². The topological polar surface area (TPSA) is 58.6 Å². The summed E-state index contributed by atoms with van der Waals surface area (Å²) in [5.74, 6) is 0.282. The van der Waals surface area contributed by atoms with Gasteiger partial charge in [0.05, 0.1) is 0 Å². The highest BCUT2D eigenvalue weighted by atomic mass is 35.5. The van der Waals surface area contributed by atoms with Crippen molar-refractivity contribution in [2.24, 2.45) is 0 Å². The van der Waals surface area contributed by atoms with Crippen LogP contribution < -0.4 is 10.1 Å². The molecule has 0 saturated carbocycles. The highest BCUT2D eigenvalue weighted by molar-refractivity contribution is 6.30. The average Bonchev–Trinajstić information content (AvgIpc) is 2.72. The number of halogens is 1. The van der Waals surface area contributed by atoms with Gasteiger partial charge >= 0.3 is 0 Å². The fourth-order valence-corrected chi connectivity index (χ4v) is 3.14.